The minimum absolute atomic E-state index is 0. The van der Waals surface area contributed by atoms with Crippen molar-refractivity contribution in [3.63, 3.8) is 0 Å². The maximum absolute atomic E-state index is 14.4. The molecule has 0 saturated heterocycles. The molecule has 10 heteroatoms. The predicted molar refractivity (Wildman–Crippen MR) is 188 cm³/mol. The highest BCUT2D eigenvalue weighted by Gasteiger charge is 2.25. The number of benzene rings is 4. The first-order valence-corrected chi connectivity index (χ1v) is 15.3. The number of rotatable bonds is 6. The molecular weight excluding hydrogens is 630 g/mol. The second-order valence-corrected chi connectivity index (χ2v) is 11.2. The van der Waals surface area contributed by atoms with Crippen LogP contribution in [0.1, 0.15) is 73.4 Å². The van der Waals surface area contributed by atoms with E-state index in [1.54, 1.807) is 34.1 Å². The lowest BCUT2D eigenvalue weighted by molar-refractivity contribution is -0.119. The van der Waals surface area contributed by atoms with Crippen molar-refractivity contribution in [1.29, 1.82) is 0 Å². The van der Waals surface area contributed by atoms with Gasteiger partial charge >= 0.3 is 11.9 Å². The van der Waals surface area contributed by atoms with Crippen molar-refractivity contribution in [2.45, 2.75) is 54.4 Å². The largest absolute Gasteiger partial charge is 0.478 e. The van der Waals surface area contributed by atoms with Gasteiger partial charge in [0.2, 0.25) is 11.8 Å². The zero-order chi connectivity index (χ0) is 33.8. The number of methoxy groups -OCH3 is 1. The molecule has 0 aromatic heterocycles. The van der Waals surface area contributed by atoms with Crippen molar-refractivity contribution in [1.82, 2.24) is 0 Å². The molecule has 6 rings (SSSR count). The molecule has 0 unspecified atom stereocenters. The molecule has 2 amide bonds. The number of carboxylic acid groups (broad SMARTS) is 1. The topological polar surface area (TPSA) is 104 Å². The number of carbonyl (C=O) groups is 4. The predicted octanol–water partition coefficient (Wildman–Crippen LogP) is 8.34. The molecule has 0 saturated carbocycles. The SMILES string of the molecule is C.C.CCC(=O)N1CCc2cc(-c3ccc(C(=O)O)cc3F)ccc21.CCC(=O)N1CCc2cc(-c3ccc(C(=O)OC)cc3F)ccc21. The zero-order valence-electron chi connectivity index (χ0n) is 26.3. The number of fused-ring (bicyclic) bond motifs is 2. The number of hydrogen-bond donors (Lipinski definition) is 1. The first-order valence-electron chi connectivity index (χ1n) is 15.3. The van der Waals surface area contributed by atoms with Crippen LogP contribution >= 0.6 is 0 Å². The Kier molecular flexibility index (Phi) is 12.5. The first-order chi connectivity index (χ1) is 22.6. The van der Waals surface area contributed by atoms with Crippen LogP contribution in [0.5, 0.6) is 0 Å². The Hall–Kier alpha value is -5.38. The Bertz CT molecular complexity index is 1890. The van der Waals surface area contributed by atoms with Crippen LogP contribution in [0.25, 0.3) is 22.3 Å². The summed E-state index contributed by atoms with van der Waals surface area (Å²) >= 11 is 0. The second-order valence-electron chi connectivity index (χ2n) is 11.2. The summed E-state index contributed by atoms with van der Waals surface area (Å²) in [6.45, 7) is 4.97. The lowest BCUT2D eigenvalue weighted by atomic mass is 10.00. The third-order valence-corrected chi connectivity index (χ3v) is 8.39. The molecule has 0 spiro atoms. The molecule has 4 aromatic carbocycles. The van der Waals surface area contributed by atoms with E-state index in [1.807, 2.05) is 38.1 Å². The van der Waals surface area contributed by atoms with Gasteiger partial charge < -0.3 is 19.6 Å². The van der Waals surface area contributed by atoms with Crippen LogP contribution in [-0.2, 0) is 27.2 Å². The number of carbonyl (C=O) groups excluding carboxylic acids is 3. The summed E-state index contributed by atoms with van der Waals surface area (Å²) in [6.07, 6.45) is 2.41. The molecule has 0 fully saturated rings. The number of carboxylic acids is 1. The summed E-state index contributed by atoms with van der Waals surface area (Å²) < 4.78 is 33.2. The van der Waals surface area contributed by atoms with E-state index >= 15 is 0 Å². The van der Waals surface area contributed by atoms with Crippen LogP contribution in [0.2, 0.25) is 0 Å². The van der Waals surface area contributed by atoms with Crippen molar-refractivity contribution in [2.75, 3.05) is 30.0 Å². The summed E-state index contributed by atoms with van der Waals surface area (Å²) in [5.74, 6) is -2.59. The van der Waals surface area contributed by atoms with Gasteiger partial charge in [-0.25, -0.2) is 18.4 Å². The molecule has 8 nitrogen and oxygen atoms in total. The van der Waals surface area contributed by atoms with E-state index in [9.17, 15) is 28.0 Å². The minimum Gasteiger partial charge on any atom is -0.478 e. The molecule has 0 aliphatic carbocycles. The zero-order valence-corrected chi connectivity index (χ0v) is 26.3. The normalized spacial score (nSPS) is 12.4. The Labute approximate surface area is 285 Å². The molecule has 2 aliphatic rings. The van der Waals surface area contributed by atoms with Gasteiger partial charge in [-0.15, -0.1) is 0 Å². The van der Waals surface area contributed by atoms with Crippen LogP contribution in [0.3, 0.4) is 0 Å². The summed E-state index contributed by atoms with van der Waals surface area (Å²) in [5.41, 5.74) is 6.12. The van der Waals surface area contributed by atoms with Gasteiger partial charge in [0, 0.05) is 48.4 Å². The first kappa shape index (κ1) is 38.1. The molecule has 49 heavy (non-hydrogen) atoms. The van der Waals surface area contributed by atoms with E-state index in [4.69, 9.17) is 5.11 Å². The van der Waals surface area contributed by atoms with Gasteiger partial charge in [0.05, 0.1) is 18.2 Å². The molecule has 1 N–H and O–H groups in total. The van der Waals surface area contributed by atoms with Gasteiger partial charge in [-0.1, -0.05) is 53.0 Å². The lowest BCUT2D eigenvalue weighted by Crippen LogP contribution is -2.27. The van der Waals surface area contributed by atoms with E-state index in [1.165, 1.54) is 25.3 Å². The van der Waals surface area contributed by atoms with Gasteiger partial charge in [-0.3, -0.25) is 9.59 Å². The van der Waals surface area contributed by atoms with Crippen LogP contribution in [0.4, 0.5) is 20.2 Å². The fourth-order valence-corrected chi connectivity index (χ4v) is 5.91. The number of esters is 1. The van der Waals surface area contributed by atoms with Crippen LogP contribution in [0.15, 0.2) is 72.8 Å². The summed E-state index contributed by atoms with van der Waals surface area (Å²) in [6, 6.07) is 19.2. The van der Waals surface area contributed by atoms with Crippen molar-refractivity contribution < 1.29 is 37.8 Å². The molecule has 0 bridgehead atoms. The Morgan fingerprint density at radius 2 is 1.10 bits per heavy atom. The summed E-state index contributed by atoms with van der Waals surface area (Å²) in [5, 5.41) is 8.90. The summed E-state index contributed by atoms with van der Waals surface area (Å²) in [7, 11) is 1.26. The fraction of sp³-hybridized carbons (Fsp3) is 0.282. The van der Waals surface area contributed by atoms with Gasteiger partial charge in [-0.2, -0.15) is 0 Å². The highest BCUT2D eigenvalue weighted by atomic mass is 19.1. The number of halogens is 2. The molecule has 258 valence electrons. The molecule has 0 atom stereocenters. The third-order valence-electron chi connectivity index (χ3n) is 8.39. The van der Waals surface area contributed by atoms with Crippen molar-refractivity contribution in [3.8, 4) is 22.3 Å². The van der Waals surface area contributed by atoms with E-state index in [0.717, 1.165) is 47.0 Å². The average molecular weight is 673 g/mol. The Balaban J connectivity index is 0.000000255. The van der Waals surface area contributed by atoms with Gasteiger partial charge in [0.25, 0.3) is 0 Å². The lowest BCUT2D eigenvalue weighted by Gasteiger charge is -2.16. The summed E-state index contributed by atoms with van der Waals surface area (Å²) in [4.78, 5) is 49.7. The van der Waals surface area contributed by atoms with Crippen LogP contribution in [0, 0.1) is 11.6 Å². The number of aromatic carboxylic acids is 1. The maximum Gasteiger partial charge on any atom is 0.337 e. The van der Waals surface area contributed by atoms with E-state index < -0.39 is 23.6 Å². The van der Waals surface area contributed by atoms with Crippen LogP contribution in [-0.4, -0.2) is 49.1 Å². The number of amides is 2. The van der Waals surface area contributed by atoms with Gasteiger partial charge in [0.15, 0.2) is 0 Å². The van der Waals surface area contributed by atoms with Crippen molar-refractivity contribution in [3.05, 3.63) is 107 Å². The van der Waals surface area contributed by atoms with Crippen molar-refractivity contribution >= 4 is 35.1 Å². The molecule has 2 heterocycles. The van der Waals surface area contributed by atoms with E-state index in [-0.39, 0.29) is 37.8 Å². The number of ether oxygens (including phenoxy) is 1. The molecule has 2 aliphatic heterocycles. The standard InChI is InChI=1S/C19H18FNO3.C18H16FNO3.2CH4/c1-3-18(22)21-9-8-13-10-12(5-7-17(13)21)15-6-4-14(11-16(15)20)19(23)24-2;1-2-17(21)20-8-7-12-9-11(4-6-16(12)20)14-5-3-13(18(22)23)10-15(14)19;;/h4-7,10-11H,3,8-9H2,1-2H3;3-6,9-10H,2,7-8H2,1H3,(H,22,23);2*1H4. The fourth-order valence-electron chi connectivity index (χ4n) is 5.91. The highest BCUT2D eigenvalue weighted by Crippen LogP contribution is 2.35. The van der Waals surface area contributed by atoms with Crippen molar-refractivity contribution in [2.24, 2.45) is 0 Å². The van der Waals surface area contributed by atoms with Gasteiger partial charge in [0.1, 0.15) is 11.6 Å². The average Bonchev–Trinajstić information content (AvgIpc) is 3.71. The van der Waals surface area contributed by atoms with E-state index in [0.29, 0.717) is 42.6 Å². The Morgan fingerprint density at radius 3 is 1.49 bits per heavy atom. The molecule has 0 radical (unpaired) electrons. The minimum atomic E-state index is -1.15. The van der Waals surface area contributed by atoms with E-state index in [2.05, 4.69) is 4.74 Å². The quantitative estimate of drug-likeness (QED) is 0.207. The Morgan fingerprint density at radius 1 is 0.673 bits per heavy atom. The number of nitrogens with zero attached hydrogens (tertiary/aromatic N) is 2. The molecular formula is C39H42F2N2O6. The smallest absolute Gasteiger partial charge is 0.337 e. The maximum atomic E-state index is 14.4. The van der Waals surface area contributed by atoms with Crippen LogP contribution < -0.4 is 9.80 Å². The molecule has 4 aromatic rings. The third kappa shape index (κ3) is 7.85. The number of hydrogen-bond acceptors (Lipinski definition) is 5. The van der Waals surface area contributed by atoms with Gasteiger partial charge in [-0.05, 0) is 83.6 Å². The monoisotopic (exact) mass is 672 g/mol. The number of anilines is 2. The second kappa shape index (κ2) is 16.1. The highest BCUT2D eigenvalue weighted by molar-refractivity contribution is 5.97.